The summed E-state index contributed by atoms with van der Waals surface area (Å²) in [6, 6.07) is -0.697. The largest absolute Gasteiger partial charge is 0.461 e. The van der Waals surface area contributed by atoms with Crippen LogP contribution in [0.2, 0.25) is 0 Å². The molecule has 152 valence electrons. The van der Waals surface area contributed by atoms with E-state index in [2.05, 4.69) is 0 Å². The minimum absolute atomic E-state index is 0. The Kier molecular flexibility index (Phi) is 7.70. The number of carbonyl (C=O) groups is 4. The SMILES string of the molecule is CC(=O)OCC1=C(C(=O)OCOC(=O)C(C)(C)C)N2C(=O)[C@@H](N)[C@H]2SC1.Cl. The third-order valence-electron chi connectivity index (χ3n) is 3.72. The van der Waals surface area contributed by atoms with Gasteiger partial charge in [0.15, 0.2) is 0 Å². The highest BCUT2D eigenvalue weighted by atomic mass is 35.5. The summed E-state index contributed by atoms with van der Waals surface area (Å²) in [5, 5.41) is -0.372. The Morgan fingerprint density at radius 2 is 1.85 bits per heavy atom. The number of amides is 1. The van der Waals surface area contributed by atoms with E-state index in [4.69, 9.17) is 19.9 Å². The van der Waals surface area contributed by atoms with E-state index in [1.165, 1.54) is 23.6 Å². The summed E-state index contributed by atoms with van der Waals surface area (Å²) in [7, 11) is 0. The Hall–Kier alpha value is -1.78. The fraction of sp³-hybridized carbons (Fsp3) is 0.625. The van der Waals surface area contributed by atoms with Crippen molar-refractivity contribution in [1.29, 1.82) is 0 Å². The van der Waals surface area contributed by atoms with E-state index in [0.29, 0.717) is 11.3 Å². The molecule has 2 aliphatic heterocycles. The second-order valence-electron chi connectivity index (χ2n) is 6.90. The molecule has 2 heterocycles. The van der Waals surface area contributed by atoms with E-state index in [9.17, 15) is 19.2 Å². The summed E-state index contributed by atoms with van der Waals surface area (Å²) in [5.41, 5.74) is 5.45. The lowest BCUT2D eigenvalue weighted by Crippen LogP contribution is -2.68. The van der Waals surface area contributed by atoms with Crippen LogP contribution in [0.3, 0.4) is 0 Å². The highest BCUT2D eigenvalue weighted by molar-refractivity contribution is 8.00. The number of rotatable bonds is 5. The van der Waals surface area contributed by atoms with Gasteiger partial charge in [0.05, 0.1) is 5.41 Å². The Labute approximate surface area is 167 Å². The first kappa shape index (κ1) is 23.3. The molecule has 11 heteroatoms. The zero-order chi connectivity index (χ0) is 19.6. The average Bonchev–Trinajstić information content (AvgIpc) is 2.57. The summed E-state index contributed by atoms with van der Waals surface area (Å²) in [5.74, 6) is -1.93. The van der Waals surface area contributed by atoms with Gasteiger partial charge in [-0.25, -0.2) is 4.79 Å². The van der Waals surface area contributed by atoms with Crippen LogP contribution < -0.4 is 5.73 Å². The van der Waals surface area contributed by atoms with E-state index in [-0.39, 0.29) is 30.1 Å². The summed E-state index contributed by atoms with van der Waals surface area (Å²) in [4.78, 5) is 48.5. The number of hydrogen-bond donors (Lipinski definition) is 1. The molecule has 2 atom stereocenters. The first-order chi connectivity index (χ1) is 12.0. The van der Waals surface area contributed by atoms with Crippen LogP contribution in [0.4, 0.5) is 0 Å². The van der Waals surface area contributed by atoms with Gasteiger partial charge in [0.25, 0.3) is 0 Å². The number of halogens is 1. The molecule has 0 bridgehead atoms. The van der Waals surface area contributed by atoms with Crippen molar-refractivity contribution < 1.29 is 33.4 Å². The lowest BCUT2D eigenvalue weighted by Gasteiger charge is -2.48. The number of nitrogens with two attached hydrogens (primary N) is 1. The number of nitrogens with zero attached hydrogens (tertiary/aromatic N) is 1. The van der Waals surface area contributed by atoms with E-state index >= 15 is 0 Å². The van der Waals surface area contributed by atoms with Gasteiger partial charge in [0, 0.05) is 18.2 Å². The Bertz CT molecular complexity index is 674. The van der Waals surface area contributed by atoms with Gasteiger partial charge in [-0.1, -0.05) is 0 Å². The molecular formula is C16H23ClN2O7S. The molecule has 9 nitrogen and oxygen atoms in total. The number of fused-ring (bicyclic) bond motifs is 1. The van der Waals surface area contributed by atoms with Gasteiger partial charge in [0.1, 0.15) is 23.7 Å². The van der Waals surface area contributed by atoms with Crippen LogP contribution in [0, 0.1) is 5.41 Å². The lowest BCUT2D eigenvalue weighted by molar-refractivity contribution is -0.173. The van der Waals surface area contributed by atoms with Gasteiger partial charge >= 0.3 is 17.9 Å². The molecule has 0 aromatic carbocycles. The summed E-state index contributed by atoms with van der Waals surface area (Å²) < 4.78 is 14.8. The highest BCUT2D eigenvalue weighted by Crippen LogP contribution is 2.39. The molecule has 1 amide bonds. The van der Waals surface area contributed by atoms with Crippen molar-refractivity contribution in [2.45, 2.75) is 39.1 Å². The van der Waals surface area contributed by atoms with Crippen LogP contribution in [-0.4, -0.2) is 59.3 Å². The monoisotopic (exact) mass is 422 g/mol. The standard InChI is InChI=1S/C16H22N2O7S.ClH/c1-8(19)23-5-9-6-26-13-10(17)12(20)18(13)11(9)14(21)24-7-25-15(22)16(2,3)4;/h10,13H,5-7,17H2,1-4H3;1H/t10-,13-;/m1./s1. The molecule has 2 rings (SSSR count). The molecular weight excluding hydrogens is 400 g/mol. The quantitative estimate of drug-likeness (QED) is 0.384. The topological polar surface area (TPSA) is 125 Å². The van der Waals surface area contributed by atoms with Gasteiger partial charge < -0.3 is 19.9 Å². The van der Waals surface area contributed by atoms with Crippen molar-refractivity contribution in [3.8, 4) is 0 Å². The summed E-state index contributed by atoms with van der Waals surface area (Å²) in [6.45, 7) is 5.53. The number of thioether (sulfide) groups is 1. The van der Waals surface area contributed by atoms with Crippen LogP contribution in [-0.2, 0) is 33.4 Å². The molecule has 0 radical (unpaired) electrons. The van der Waals surface area contributed by atoms with Crippen molar-refractivity contribution in [2.24, 2.45) is 11.1 Å². The Morgan fingerprint density at radius 1 is 1.22 bits per heavy atom. The van der Waals surface area contributed by atoms with Gasteiger partial charge in [-0.2, -0.15) is 0 Å². The smallest absolute Gasteiger partial charge is 0.358 e. The predicted molar refractivity (Wildman–Crippen MR) is 98.5 cm³/mol. The maximum atomic E-state index is 12.5. The molecule has 27 heavy (non-hydrogen) atoms. The number of carbonyl (C=O) groups excluding carboxylic acids is 4. The molecule has 1 fully saturated rings. The first-order valence-electron chi connectivity index (χ1n) is 7.94. The fourth-order valence-electron chi connectivity index (χ4n) is 2.29. The Morgan fingerprint density at radius 3 is 2.41 bits per heavy atom. The maximum Gasteiger partial charge on any atom is 0.358 e. The minimum atomic E-state index is -0.834. The van der Waals surface area contributed by atoms with Crippen LogP contribution in [0.25, 0.3) is 0 Å². The van der Waals surface area contributed by atoms with Gasteiger partial charge in [0.2, 0.25) is 12.7 Å². The van der Waals surface area contributed by atoms with E-state index < -0.39 is 42.1 Å². The molecule has 0 spiro atoms. The number of hydrogen-bond acceptors (Lipinski definition) is 9. The second kappa shape index (κ2) is 8.94. The molecule has 2 aliphatic rings. The molecule has 0 aromatic heterocycles. The van der Waals surface area contributed by atoms with Crippen LogP contribution >= 0.6 is 24.2 Å². The van der Waals surface area contributed by atoms with Crippen molar-refractivity contribution >= 4 is 48.0 Å². The third kappa shape index (κ3) is 5.14. The lowest BCUT2D eigenvalue weighted by atomic mass is 9.98. The maximum absolute atomic E-state index is 12.5. The molecule has 2 N–H and O–H groups in total. The van der Waals surface area contributed by atoms with Gasteiger partial charge in [-0.05, 0) is 20.8 Å². The number of β-lactam (4-membered cyclic amide) rings is 1. The van der Waals surface area contributed by atoms with Crippen molar-refractivity contribution in [3.05, 3.63) is 11.3 Å². The summed E-state index contributed by atoms with van der Waals surface area (Å²) >= 11 is 1.38. The molecule has 1 saturated heterocycles. The molecule has 0 aromatic rings. The van der Waals surface area contributed by atoms with E-state index in [1.54, 1.807) is 20.8 Å². The van der Waals surface area contributed by atoms with Crippen LogP contribution in [0.15, 0.2) is 11.3 Å². The fourth-order valence-corrected chi connectivity index (χ4v) is 3.56. The van der Waals surface area contributed by atoms with Crippen LogP contribution in [0.5, 0.6) is 0 Å². The second-order valence-corrected chi connectivity index (χ2v) is 8.00. The van der Waals surface area contributed by atoms with Crippen molar-refractivity contribution in [2.75, 3.05) is 19.2 Å². The minimum Gasteiger partial charge on any atom is -0.461 e. The average molecular weight is 423 g/mol. The molecule has 0 unspecified atom stereocenters. The van der Waals surface area contributed by atoms with E-state index in [0.717, 1.165) is 0 Å². The molecule has 0 saturated carbocycles. The normalized spacial score (nSPS) is 21.5. The van der Waals surface area contributed by atoms with Gasteiger partial charge in [-0.15, -0.1) is 24.2 Å². The van der Waals surface area contributed by atoms with E-state index in [1.807, 2.05) is 0 Å². The summed E-state index contributed by atoms with van der Waals surface area (Å²) in [6.07, 6.45) is 0. The highest BCUT2D eigenvalue weighted by Gasteiger charge is 2.52. The third-order valence-corrected chi connectivity index (χ3v) is 5.08. The predicted octanol–water partition coefficient (Wildman–Crippen LogP) is 0.558. The molecule has 0 aliphatic carbocycles. The first-order valence-corrected chi connectivity index (χ1v) is 8.99. The van der Waals surface area contributed by atoms with Gasteiger partial charge in [-0.3, -0.25) is 19.3 Å². The Balaban J connectivity index is 0.00000364. The zero-order valence-corrected chi connectivity index (χ0v) is 17.1. The van der Waals surface area contributed by atoms with Crippen molar-refractivity contribution in [3.63, 3.8) is 0 Å². The zero-order valence-electron chi connectivity index (χ0n) is 15.5. The number of esters is 3. The number of ether oxygens (including phenoxy) is 3. The van der Waals surface area contributed by atoms with Crippen LogP contribution in [0.1, 0.15) is 27.7 Å². The van der Waals surface area contributed by atoms with Crippen molar-refractivity contribution in [1.82, 2.24) is 4.90 Å².